The normalized spacial score (nSPS) is 13.8. The number of imidazole rings is 1. The van der Waals surface area contributed by atoms with Crippen molar-refractivity contribution in [2.75, 3.05) is 11.9 Å². The number of carbonyl (C=O) groups excluding carboxylic acids is 1. The first-order valence-electron chi connectivity index (χ1n) is 10.5. The molecular formula is C24H20F3N5O. The van der Waals surface area contributed by atoms with Gasteiger partial charge in [0.05, 0.1) is 17.6 Å². The summed E-state index contributed by atoms with van der Waals surface area (Å²) >= 11 is 0. The molecule has 2 heterocycles. The van der Waals surface area contributed by atoms with Gasteiger partial charge in [0.25, 0.3) is 5.91 Å². The highest BCUT2D eigenvalue weighted by Gasteiger charge is 2.28. The molecule has 1 saturated carbocycles. The molecule has 6 nitrogen and oxygen atoms in total. The molecule has 168 valence electrons. The van der Waals surface area contributed by atoms with E-state index < -0.39 is 12.7 Å². The Morgan fingerprint density at radius 3 is 2.42 bits per heavy atom. The molecule has 0 bridgehead atoms. The second kappa shape index (κ2) is 8.23. The van der Waals surface area contributed by atoms with Gasteiger partial charge < -0.3 is 10.6 Å². The topological polar surface area (TPSA) is 71.3 Å². The molecule has 0 aliphatic heterocycles. The van der Waals surface area contributed by atoms with E-state index >= 15 is 0 Å². The Labute approximate surface area is 187 Å². The lowest BCUT2D eigenvalue weighted by atomic mass is 10.1. The van der Waals surface area contributed by atoms with Crippen molar-refractivity contribution >= 4 is 17.4 Å². The number of alkyl halides is 3. The van der Waals surface area contributed by atoms with E-state index in [1.807, 2.05) is 30.3 Å². The molecule has 5 rings (SSSR count). The lowest BCUT2D eigenvalue weighted by Crippen LogP contribution is -2.25. The van der Waals surface area contributed by atoms with Crippen LogP contribution in [0.25, 0.3) is 28.2 Å². The summed E-state index contributed by atoms with van der Waals surface area (Å²) in [4.78, 5) is 21.0. The van der Waals surface area contributed by atoms with Gasteiger partial charge in [-0.15, -0.1) is 0 Å². The number of anilines is 1. The predicted molar refractivity (Wildman–Crippen MR) is 119 cm³/mol. The number of hydrogen-bond donors (Lipinski definition) is 2. The third-order valence-electron chi connectivity index (χ3n) is 5.37. The molecule has 0 spiro atoms. The molecule has 2 N–H and O–H groups in total. The van der Waals surface area contributed by atoms with Crippen LogP contribution in [0.2, 0.25) is 0 Å². The van der Waals surface area contributed by atoms with Crippen molar-refractivity contribution in [3.8, 4) is 22.5 Å². The average molecular weight is 451 g/mol. The molecule has 1 aliphatic rings. The number of hydrogen-bond acceptors (Lipinski definition) is 4. The third-order valence-corrected chi connectivity index (χ3v) is 5.37. The van der Waals surface area contributed by atoms with Gasteiger partial charge in [-0.05, 0) is 25.0 Å². The molecule has 33 heavy (non-hydrogen) atoms. The third kappa shape index (κ3) is 4.67. The van der Waals surface area contributed by atoms with Crippen molar-refractivity contribution in [2.45, 2.75) is 25.1 Å². The van der Waals surface area contributed by atoms with Gasteiger partial charge in [-0.25, -0.2) is 9.97 Å². The van der Waals surface area contributed by atoms with Crippen molar-refractivity contribution in [1.82, 2.24) is 19.7 Å². The first-order valence-corrected chi connectivity index (χ1v) is 10.5. The van der Waals surface area contributed by atoms with Crippen LogP contribution in [-0.4, -0.2) is 39.0 Å². The van der Waals surface area contributed by atoms with Crippen molar-refractivity contribution in [3.05, 3.63) is 72.6 Å². The fourth-order valence-corrected chi connectivity index (χ4v) is 3.54. The molecule has 1 aliphatic carbocycles. The summed E-state index contributed by atoms with van der Waals surface area (Å²) < 4.78 is 40.3. The first-order chi connectivity index (χ1) is 15.9. The van der Waals surface area contributed by atoms with Gasteiger partial charge in [-0.3, -0.25) is 9.20 Å². The standard InChI is InChI=1S/C24H20F3N5O/c25-24(26,27)14-29-21-22-28-12-20(32(22)13-19(31-21)15-4-2-1-3-5-15)16-6-8-17(9-7-16)23(33)30-18-10-11-18/h1-9,12-13,18H,10-11,14H2,(H,29,31)(H,30,33). The second-order valence-electron chi connectivity index (χ2n) is 7.97. The van der Waals surface area contributed by atoms with Crippen LogP contribution in [0.15, 0.2) is 67.0 Å². The van der Waals surface area contributed by atoms with E-state index in [0.717, 1.165) is 24.0 Å². The number of carbonyl (C=O) groups is 1. The van der Waals surface area contributed by atoms with E-state index in [1.54, 1.807) is 41.1 Å². The maximum Gasteiger partial charge on any atom is 0.405 e. The van der Waals surface area contributed by atoms with Crippen LogP contribution in [0.3, 0.4) is 0 Å². The summed E-state index contributed by atoms with van der Waals surface area (Å²) in [6.07, 6.45) is 0.958. The Bertz CT molecular complexity index is 1300. The quantitative estimate of drug-likeness (QED) is 0.436. The molecule has 4 aromatic rings. The van der Waals surface area contributed by atoms with Crippen LogP contribution >= 0.6 is 0 Å². The Morgan fingerprint density at radius 1 is 1.03 bits per heavy atom. The predicted octanol–water partition coefficient (Wildman–Crippen LogP) is 4.93. The highest BCUT2D eigenvalue weighted by molar-refractivity contribution is 5.95. The van der Waals surface area contributed by atoms with Crippen molar-refractivity contribution < 1.29 is 18.0 Å². The van der Waals surface area contributed by atoms with E-state index in [0.29, 0.717) is 17.0 Å². The van der Waals surface area contributed by atoms with Crippen molar-refractivity contribution in [1.29, 1.82) is 0 Å². The van der Waals surface area contributed by atoms with Crippen LogP contribution in [-0.2, 0) is 0 Å². The fourth-order valence-electron chi connectivity index (χ4n) is 3.54. The summed E-state index contributed by atoms with van der Waals surface area (Å²) in [5.41, 5.74) is 3.56. The number of nitrogens with one attached hydrogen (secondary N) is 2. The number of nitrogens with zero attached hydrogens (tertiary/aromatic N) is 3. The molecule has 0 unspecified atom stereocenters. The molecule has 2 aromatic heterocycles. The van der Waals surface area contributed by atoms with Gasteiger partial charge in [0.1, 0.15) is 6.54 Å². The summed E-state index contributed by atoms with van der Waals surface area (Å²) in [6, 6.07) is 16.5. The maximum atomic E-state index is 12.9. The van der Waals surface area contributed by atoms with Crippen LogP contribution in [0, 0.1) is 0 Å². The number of fused-ring (bicyclic) bond motifs is 1. The summed E-state index contributed by atoms with van der Waals surface area (Å²) in [5, 5.41) is 5.33. The lowest BCUT2D eigenvalue weighted by molar-refractivity contribution is -0.115. The van der Waals surface area contributed by atoms with Gasteiger partial charge in [0.2, 0.25) is 0 Å². The van der Waals surface area contributed by atoms with Crippen molar-refractivity contribution in [2.24, 2.45) is 0 Å². The van der Waals surface area contributed by atoms with Gasteiger partial charge in [0, 0.05) is 28.9 Å². The number of aromatic nitrogens is 3. The Balaban J connectivity index is 1.54. The lowest BCUT2D eigenvalue weighted by Gasteiger charge is -2.13. The average Bonchev–Trinajstić information content (AvgIpc) is 3.52. The molecule has 0 atom stereocenters. The zero-order chi connectivity index (χ0) is 23.0. The first kappa shape index (κ1) is 21.0. The highest BCUT2D eigenvalue weighted by atomic mass is 19.4. The van der Waals surface area contributed by atoms with E-state index in [4.69, 9.17) is 0 Å². The van der Waals surface area contributed by atoms with E-state index in [9.17, 15) is 18.0 Å². The van der Waals surface area contributed by atoms with Gasteiger partial charge in [-0.2, -0.15) is 13.2 Å². The maximum absolute atomic E-state index is 12.9. The molecule has 0 saturated heterocycles. The second-order valence-corrected chi connectivity index (χ2v) is 7.97. The largest absolute Gasteiger partial charge is 0.405 e. The van der Waals surface area contributed by atoms with Crippen LogP contribution in [0.5, 0.6) is 0 Å². The monoisotopic (exact) mass is 451 g/mol. The smallest absolute Gasteiger partial charge is 0.358 e. The Kier molecular flexibility index (Phi) is 5.24. The molecule has 2 aromatic carbocycles. The zero-order valence-corrected chi connectivity index (χ0v) is 17.4. The molecule has 1 amide bonds. The number of halogens is 3. The molecule has 0 radical (unpaired) electrons. The van der Waals surface area contributed by atoms with E-state index in [1.165, 1.54) is 0 Å². The summed E-state index contributed by atoms with van der Waals surface area (Å²) in [6.45, 7) is -1.22. The van der Waals surface area contributed by atoms with Crippen LogP contribution in [0.1, 0.15) is 23.2 Å². The number of benzene rings is 2. The summed E-state index contributed by atoms with van der Waals surface area (Å²) in [5.74, 6) is -0.0725. The SMILES string of the molecule is O=C(NC1CC1)c1ccc(-c2cnc3c(NCC(F)(F)F)nc(-c4ccccc4)cn23)cc1. The van der Waals surface area contributed by atoms with Crippen LogP contribution in [0.4, 0.5) is 19.0 Å². The van der Waals surface area contributed by atoms with Gasteiger partial charge >= 0.3 is 6.18 Å². The number of amides is 1. The van der Waals surface area contributed by atoms with Crippen molar-refractivity contribution in [3.63, 3.8) is 0 Å². The zero-order valence-electron chi connectivity index (χ0n) is 17.4. The highest BCUT2D eigenvalue weighted by Crippen LogP contribution is 2.29. The molecule has 9 heteroatoms. The minimum absolute atomic E-state index is 0.0420. The minimum Gasteiger partial charge on any atom is -0.358 e. The summed E-state index contributed by atoms with van der Waals surface area (Å²) in [7, 11) is 0. The van der Waals surface area contributed by atoms with E-state index in [-0.39, 0.29) is 23.4 Å². The minimum atomic E-state index is -4.40. The Hall–Kier alpha value is -3.88. The van der Waals surface area contributed by atoms with Crippen LogP contribution < -0.4 is 10.6 Å². The van der Waals surface area contributed by atoms with Gasteiger partial charge in [0.15, 0.2) is 11.5 Å². The fraction of sp³-hybridized carbons (Fsp3) is 0.208. The Morgan fingerprint density at radius 2 is 1.76 bits per heavy atom. The number of rotatable bonds is 6. The van der Waals surface area contributed by atoms with E-state index in [2.05, 4.69) is 20.6 Å². The molecular weight excluding hydrogens is 431 g/mol. The molecule has 1 fully saturated rings. The van der Waals surface area contributed by atoms with Gasteiger partial charge in [-0.1, -0.05) is 42.5 Å².